The Morgan fingerprint density at radius 3 is 1.92 bits per heavy atom. The highest BCUT2D eigenvalue weighted by atomic mass is 35.6. The van der Waals surface area contributed by atoms with Crippen LogP contribution in [0.1, 0.15) is 91.2 Å². The average Bonchev–Trinajstić information content (AvgIpc) is 3.30. The van der Waals surface area contributed by atoms with E-state index >= 15 is 0 Å². The van der Waals surface area contributed by atoms with Gasteiger partial charge in [0.25, 0.3) is 0 Å². The first kappa shape index (κ1) is 42.5. The zero-order valence-electron chi connectivity index (χ0n) is 28.3. The van der Waals surface area contributed by atoms with E-state index in [4.69, 9.17) is 69.6 Å². The van der Waals surface area contributed by atoms with Crippen LogP contribution in [-0.2, 0) is 36.6 Å². The molecular weight excluding hydrogens is 817 g/mol. The van der Waals surface area contributed by atoms with Gasteiger partial charge in [-0.2, -0.15) is 26.3 Å². The smallest absolute Gasteiger partial charge is 0.307 e. The highest BCUT2D eigenvalue weighted by molar-refractivity contribution is 6.69. The van der Waals surface area contributed by atoms with E-state index in [9.17, 15) is 31.1 Å². The van der Waals surface area contributed by atoms with Crippen LogP contribution < -0.4 is 5.32 Å². The zero-order chi connectivity index (χ0) is 38.1. The number of carbonyl (C=O) groups is 1. The molecule has 0 spiro atoms. The largest absolute Gasteiger partial charge is 0.416 e. The molecule has 52 heavy (non-hydrogen) atoms. The second-order valence-corrected chi connectivity index (χ2v) is 18.9. The van der Waals surface area contributed by atoms with Crippen molar-refractivity contribution in [3.8, 4) is 0 Å². The third-order valence-corrected chi connectivity index (χ3v) is 12.1. The van der Waals surface area contributed by atoms with Crippen LogP contribution >= 0.6 is 69.6 Å². The number of carbonyl (C=O) groups excluding carboxylic acids is 1. The van der Waals surface area contributed by atoms with Crippen molar-refractivity contribution in [1.82, 2.24) is 15.1 Å². The Balaban J connectivity index is 1.45. The first-order chi connectivity index (χ1) is 24.2. The van der Waals surface area contributed by atoms with Crippen LogP contribution in [0.4, 0.5) is 26.3 Å². The summed E-state index contributed by atoms with van der Waals surface area (Å²) in [5.41, 5.74) is -2.96. The lowest BCUT2D eigenvalue weighted by atomic mass is 9.69. The lowest BCUT2D eigenvalue weighted by Crippen LogP contribution is -2.48. The van der Waals surface area contributed by atoms with Crippen LogP contribution in [0.25, 0.3) is 0 Å². The van der Waals surface area contributed by atoms with Gasteiger partial charge in [-0.3, -0.25) is 4.79 Å². The van der Waals surface area contributed by atoms with Crippen LogP contribution in [-0.4, -0.2) is 66.9 Å². The molecule has 290 valence electrons. The minimum absolute atomic E-state index is 0.0569. The number of piperidine rings is 2. The molecule has 0 saturated carbocycles. The van der Waals surface area contributed by atoms with Gasteiger partial charge in [0.05, 0.1) is 17.2 Å². The van der Waals surface area contributed by atoms with Crippen molar-refractivity contribution in [2.75, 3.05) is 39.3 Å². The summed E-state index contributed by atoms with van der Waals surface area (Å²) < 4.78 is 77.8. The second kappa shape index (κ2) is 16.8. The van der Waals surface area contributed by atoms with E-state index in [0.717, 1.165) is 44.6 Å². The molecule has 0 aromatic heterocycles. The molecule has 3 aliphatic heterocycles. The zero-order valence-corrected chi connectivity index (χ0v) is 32.8. The number of alkyl halides is 12. The van der Waals surface area contributed by atoms with Crippen molar-refractivity contribution < 1.29 is 31.1 Å². The molecule has 1 N–H and O–H groups in total. The number of rotatable bonds is 8. The number of likely N-dealkylation sites (tertiary alicyclic amines) is 2. The molecule has 3 fully saturated rings. The Bertz CT molecular complexity index is 1520. The van der Waals surface area contributed by atoms with Gasteiger partial charge in [0.15, 0.2) is 5.78 Å². The van der Waals surface area contributed by atoms with Gasteiger partial charge >= 0.3 is 12.4 Å². The van der Waals surface area contributed by atoms with E-state index in [0.29, 0.717) is 50.5 Å². The highest BCUT2D eigenvalue weighted by Crippen LogP contribution is 2.50. The van der Waals surface area contributed by atoms with E-state index in [-0.39, 0.29) is 29.2 Å². The van der Waals surface area contributed by atoms with Crippen molar-refractivity contribution in [2.45, 2.75) is 102 Å². The standard InChI is InChI=1S/C36H41Cl6F6N3O/c37-33(38,39)28-6-5-24(21-29(28)34(40,41)42)32(10-16-50-14-7-27(8-15-50)51-12-2-1-3-13-51)9-4-11-49-30(22-32)31(52)19-23-17-25(35(43,44)45)20-26(18-23)36(46,47)48/h5-6,17-18,20-21,27,30,49H,1-4,7-16,19,22H2. The summed E-state index contributed by atoms with van der Waals surface area (Å²) in [5, 5.41) is 3.22. The van der Waals surface area contributed by atoms with Gasteiger partial charge < -0.3 is 15.1 Å². The maximum Gasteiger partial charge on any atom is 0.416 e. The van der Waals surface area contributed by atoms with E-state index in [2.05, 4.69) is 15.1 Å². The Labute approximate surface area is 330 Å². The molecule has 5 rings (SSSR count). The van der Waals surface area contributed by atoms with Gasteiger partial charge in [0.1, 0.15) is 0 Å². The second-order valence-electron chi connectivity index (χ2n) is 14.3. The fourth-order valence-electron chi connectivity index (χ4n) is 8.09. The van der Waals surface area contributed by atoms with E-state index in [1.807, 2.05) is 0 Å². The fraction of sp³-hybridized carbons (Fsp3) is 0.639. The normalized spacial score (nSPS) is 23.8. The van der Waals surface area contributed by atoms with Crippen molar-refractivity contribution in [3.05, 3.63) is 69.8 Å². The van der Waals surface area contributed by atoms with E-state index < -0.39 is 54.7 Å². The summed E-state index contributed by atoms with van der Waals surface area (Å²) >= 11 is 38.0. The molecule has 0 bridgehead atoms. The number of hydrogen-bond acceptors (Lipinski definition) is 4. The fourth-order valence-corrected chi connectivity index (χ4v) is 9.06. The minimum Gasteiger partial charge on any atom is -0.307 e. The maximum absolute atomic E-state index is 13.9. The van der Waals surface area contributed by atoms with Crippen molar-refractivity contribution in [2.24, 2.45) is 0 Å². The molecule has 16 heteroatoms. The minimum atomic E-state index is -5.03. The first-order valence-electron chi connectivity index (χ1n) is 17.5. The maximum atomic E-state index is 13.9. The summed E-state index contributed by atoms with van der Waals surface area (Å²) in [7, 11) is 0. The molecule has 2 unspecified atom stereocenters. The summed E-state index contributed by atoms with van der Waals surface area (Å²) in [4.78, 5) is 18.9. The molecule has 0 radical (unpaired) electrons. The molecular formula is C36H41Cl6F6N3O. The number of halogens is 12. The number of benzene rings is 2. The quantitative estimate of drug-likeness (QED) is 0.212. The van der Waals surface area contributed by atoms with Crippen molar-refractivity contribution in [3.63, 3.8) is 0 Å². The molecule has 3 saturated heterocycles. The lowest BCUT2D eigenvalue weighted by Gasteiger charge is -2.42. The first-order valence-corrected chi connectivity index (χ1v) is 19.7. The third kappa shape index (κ3) is 10.8. The Kier molecular flexibility index (Phi) is 13.7. The van der Waals surface area contributed by atoms with Gasteiger partial charge in [0, 0.05) is 23.6 Å². The summed E-state index contributed by atoms with van der Waals surface area (Å²) in [5.74, 6) is -0.527. The van der Waals surface area contributed by atoms with Crippen LogP contribution in [0.15, 0.2) is 36.4 Å². The predicted octanol–water partition coefficient (Wildman–Crippen LogP) is 10.9. The molecule has 4 nitrogen and oxygen atoms in total. The van der Waals surface area contributed by atoms with E-state index in [1.54, 1.807) is 18.2 Å². The molecule has 2 aromatic rings. The number of hydrogen-bond donors (Lipinski definition) is 1. The summed E-state index contributed by atoms with van der Waals surface area (Å²) in [6.07, 6.45) is -2.88. The molecule has 0 aliphatic carbocycles. The third-order valence-electron chi connectivity index (χ3n) is 10.8. The van der Waals surface area contributed by atoms with Crippen LogP contribution in [0, 0.1) is 0 Å². The van der Waals surface area contributed by atoms with Crippen LogP contribution in [0.2, 0.25) is 0 Å². The number of nitrogens with one attached hydrogen (secondary N) is 1. The average molecular weight is 858 g/mol. The van der Waals surface area contributed by atoms with Crippen LogP contribution in [0.3, 0.4) is 0 Å². The predicted molar refractivity (Wildman–Crippen MR) is 197 cm³/mol. The van der Waals surface area contributed by atoms with Gasteiger partial charge in [-0.05, 0) is 125 Å². The number of nitrogens with zero attached hydrogens (tertiary/aromatic N) is 2. The van der Waals surface area contributed by atoms with Gasteiger partial charge in [-0.15, -0.1) is 0 Å². The molecule has 0 amide bonds. The van der Waals surface area contributed by atoms with Gasteiger partial charge in [0.2, 0.25) is 7.59 Å². The summed E-state index contributed by atoms with van der Waals surface area (Å²) in [6, 6.07) is 5.98. The topological polar surface area (TPSA) is 35.6 Å². The van der Waals surface area contributed by atoms with Crippen molar-refractivity contribution in [1.29, 1.82) is 0 Å². The molecule has 2 atom stereocenters. The Hall–Kier alpha value is -0.690. The molecule has 3 heterocycles. The molecule has 3 aliphatic rings. The number of Topliss-reactive ketones (excluding diaryl/α,β-unsaturated/α-hetero) is 1. The SMILES string of the molecule is O=C(Cc1cc(C(F)(F)F)cc(C(F)(F)F)c1)C1CC(CCN2CCC(N3CCCCC3)CC2)(c2ccc(C(Cl)(Cl)Cl)c(C(Cl)(Cl)Cl)c2)CCCN1. The van der Waals surface area contributed by atoms with Gasteiger partial charge in [-0.1, -0.05) is 94.2 Å². The number of ketones is 1. The Morgan fingerprint density at radius 1 is 0.769 bits per heavy atom. The van der Waals surface area contributed by atoms with E-state index in [1.165, 1.54) is 19.3 Å². The molecule has 2 aromatic carbocycles. The monoisotopic (exact) mass is 855 g/mol. The summed E-state index contributed by atoms with van der Waals surface area (Å²) in [6.45, 7) is 5.15. The lowest BCUT2D eigenvalue weighted by molar-refractivity contribution is -0.143. The van der Waals surface area contributed by atoms with Gasteiger partial charge in [-0.25, -0.2) is 0 Å². The Morgan fingerprint density at radius 2 is 1.37 bits per heavy atom. The van der Waals surface area contributed by atoms with Crippen molar-refractivity contribution >= 4 is 75.4 Å². The van der Waals surface area contributed by atoms with Crippen LogP contribution in [0.5, 0.6) is 0 Å². The highest BCUT2D eigenvalue weighted by Gasteiger charge is 2.43.